The summed E-state index contributed by atoms with van der Waals surface area (Å²) in [5.41, 5.74) is -0.400. The van der Waals surface area contributed by atoms with E-state index in [1.54, 1.807) is 0 Å². The summed E-state index contributed by atoms with van der Waals surface area (Å²) in [6.45, 7) is 2.70. The maximum atomic E-state index is 13.5. The highest BCUT2D eigenvalue weighted by Gasteiger charge is 2.34. The highest BCUT2D eigenvalue weighted by atomic mass is 19.4. The van der Waals surface area contributed by atoms with Crippen LogP contribution in [0.1, 0.15) is 12.1 Å². The van der Waals surface area contributed by atoms with Gasteiger partial charge in [-0.3, -0.25) is 0 Å². The van der Waals surface area contributed by atoms with Gasteiger partial charge in [-0.2, -0.15) is 13.2 Å². The van der Waals surface area contributed by atoms with E-state index in [-0.39, 0.29) is 5.52 Å². The molecule has 0 atom stereocenters. The van der Waals surface area contributed by atoms with Gasteiger partial charge in [-0.15, -0.1) is 0 Å². The van der Waals surface area contributed by atoms with Gasteiger partial charge in [0.15, 0.2) is 0 Å². The molecule has 0 spiro atoms. The molecule has 0 radical (unpaired) electrons. The Bertz CT molecular complexity index is 676. The normalized spacial score (nSPS) is 16.8. The number of pyridine rings is 1. The van der Waals surface area contributed by atoms with Crippen molar-refractivity contribution in [3.63, 3.8) is 0 Å². The molecule has 1 aliphatic heterocycles. The quantitative estimate of drug-likeness (QED) is 0.820. The topological polar surface area (TPSA) is 28.2 Å². The van der Waals surface area contributed by atoms with Gasteiger partial charge in [0.25, 0.3) is 0 Å². The van der Waals surface area contributed by atoms with Gasteiger partial charge in [-0.05, 0) is 37.2 Å². The molecule has 0 amide bonds. The molecule has 0 bridgehead atoms. The summed E-state index contributed by atoms with van der Waals surface area (Å²) in [7, 11) is 0. The monoisotopic (exact) mass is 313 g/mol. The van der Waals surface area contributed by atoms with Crippen LogP contribution in [0.3, 0.4) is 0 Å². The minimum absolute atomic E-state index is 0.156. The molecule has 0 saturated carbocycles. The maximum absolute atomic E-state index is 13.5. The lowest BCUT2D eigenvalue weighted by atomic mass is 10.1. The summed E-state index contributed by atoms with van der Waals surface area (Å²) in [5.74, 6) is -0.483. The summed E-state index contributed by atoms with van der Waals surface area (Å²) in [6.07, 6.45) is -3.71. The Morgan fingerprint density at radius 2 is 1.91 bits per heavy atom. The van der Waals surface area contributed by atoms with Crippen LogP contribution >= 0.6 is 0 Å². The Hall–Kier alpha value is -1.89. The third-order valence-electron chi connectivity index (χ3n) is 3.72. The number of aromatic nitrogens is 1. The fraction of sp³-hybridized carbons (Fsp3) is 0.400. The van der Waals surface area contributed by atoms with E-state index in [4.69, 9.17) is 0 Å². The number of rotatable bonds is 1. The largest absolute Gasteiger partial charge is 0.433 e. The second-order valence-corrected chi connectivity index (χ2v) is 5.28. The molecule has 1 N–H and O–H groups in total. The van der Waals surface area contributed by atoms with E-state index in [0.29, 0.717) is 30.7 Å². The minimum atomic E-state index is -4.53. The lowest BCUT2D eigenvalue weighted by Crippen LogP contribution is -2.28. The van der Waals surface area contributed by atoms with E-state index in [1.165, 1.54) is 12.1 Å². The Balaban J connectivity index is 2.17. The van der Waals surface area contributed by atoms with Gasteiger partial charge in [-0.1, -0.05) is 0 Å². The molecule has 1 aliphatic rings. The van der Waals surface area contributed by atoms with Crippen molar-refractivity contribution in [2.75, 3.05) is 31.1 Å². The summed E-state index contributed by atoms with van der Waals surface area (Å²) in [5, 5.41) is 3.61. The number of alkyl halides is 3. The number of benzene rings is 1. The Kier molecular flexibility index (Phi) is 3.90. The fourth-order valence-corrected chi connectivity index (χ4v) is 2.67. The van der Waals surface area contributed by atoms with Crippen molar-refractivity contribution in [1.29, 1.82) is 0 Å². The van der Waals surface area contributed by atoms with Gasteiger partial charge in [-0.25, -0.2) is 9.37 Å². The van der Waals surface area contributed by atoms with E-state index in [1.807, 2.05) is 4.90 Å². The smallest absolute Gasteiger partial charge is 0.370 e. The van der Waals surface area contributed by atoms with Crippen molar-refractivity contribution in [2.45, 2.75) is 12.6 Å². The standard InChI is InChI=1S/C15H15F4N3/c16-10-2-3-12-11(8-10)13(9-14(21-12)15(17,18)19)22-6-1-4-20-5-7-22/h2-3,8-9,20H,1,4-7H2. The highest BCUT2D eigenvalue weighted by Crippen LogP contribution is 2.35. The Morgan fingerprint density at radius 1 is 1.09 bits per heavy atom. The summed E-state index contributed by atoms with van der Waals surface area (Å²) >= 11 is 0. The van der Waals surface area contributed by atoms with Crippen LogP contribution in [0.25, 0.3) is 10.9 Å². The molecular weight excluding hydrogens is 298 g/mol. The van der Waals surface area contributed by atoms with E-state index in [9.17, 15) is 17.6 Å². The number of fused-ring (bicyclic) bond motifs is 1. The second kappa shape index (κ2) is 5.72. The first-order valence-corrected chi connectivity index (χ1v) is 7.08. The van der Waals surface area contributed by atoms with Crippen LogP contribution in [0.5, 0.6) is 0 Å². The molecule has 2 heterocycles. The third kappa shape index (κ3) is 2.99. The van der Waals surface area contributed by atoms with Crippen molar-refractivity contribution in [1.82, 2.24) is 10.3 Å². The maximum Gasteiger partial charge on any atom is 0.433 e. The molecule has 1 aromatic heterocycles. The molecule has 1 aromatic carbocycles. The van der Waals surface area contributed by atoms with Crippen molar-refractivity contribution < 1.29 is 17.6 Å². The van der Waals surface area contributed by atoms with E-state index in [2.05, 4.69) is 10.3 Å². The molecule has 22 heavy (non-hydrogen) atoms. The lowest BCUT2D eigenvalue weighted by Gasteiger charge is -2.25. The average Bonchev–Trinajstić information content (AvgIpc) is 2.74. The second-order valence-electron chi connectivity index (χ2n) is 5.28. The van der Waals surface area contributed by atoms with Crippen LogP contribution in [0.15, 0.2) is 24.3 Å². The molecule has 118 valence electrons. The van der Waals surface area contributed by atoms with Gasteiger partial charge in [0.2, 0.25) is 0 Å². The molecular formula is C15H15F4N3. The van der Waals surface area contributed by atoms with Gasteiger partial charge >= 0.3 is 6.18 Å². The van der Waals surface area contributed by atoms with Crippen LogP contribution in [-0.2, 0) is 6.18 Å². The van der Waals surface area contributed by atoms with E-state index < -0.39 is 17.7 Å². The van der Waals surface area contributed by atoms with Crippen LogP contribution in [0.4, 0.5) is 23.2 Å². The third-order valence-corrected chi connectivity index (χ3v) is 3.72. The van der Waals surface area contributed by atoms with E-state index in [0.717, 1.165) is 25.1 Å². The van der Waals surface area contributed by atoms with Crippen LogP contribution in [0.2, 0.25) is 0 Å². The first kappa shape index (κ1) is 15.0. The zero-order valence-corrected chi connectivity index (χ0v) is 11.8. The molecule has 3 nitrogen and oxygen atoms in total. The van der Waals surface area contributed by atoms with E-state index >= 15 is 0 Å². The number of nitrogens with one attached hydrogen (secondary N) is 1. The summed E-state index contributed by atoms with van der Waals surface area (Å²) < 4.78 is 52.7. The van der Waals surface area contributed by atoms with Gasteiger partial charge in [0.1, 0.15) is 11.5 Å². The molecule has 3 rings (SSSR count). The van der Waals surface area contributed by atoms with Crippen LogP contribution in [-0.4, -0.2) is 31.2 Å². The first-order chi connectivity index (χ1) is 10.4. The minimum Gasteiger partial charge on any atom is -0.370 e. The number of hydrogen-bond acceptors (Lipinski definition) is 3. The molecule has 0 aliphatic carbocycles. The molecule has 2 aromatic rings. The number of anilines is 1. The van der Waals surface area contributed by atoms with Crippen LogP contribution < -0.4 is 10.2 Å². The van der Waals surface area contributed by atoms with Crippen molar-refractivity contribution in [3.8, 4) is 0 Å². The predicted octanol–water partition coefficient (Wildman–Crippen LogP) is 3.19. The zero-order chi connectivity index (χ0) is 15.7. The number of hydrogen-bond donors (Lipinski definition) is 1. The Morgan fingerprint density at radius 3 is 2.68 bits per heavy atom. The summed E-state index contributed by atoms with van der Waals surface area (Å²) in [4.78, 5) is 5.49. The first-order valence-electron chi connectivity index (χ1n) is 7.08. The number of nitrogens with zero attached hydrogens (tertiary/aromatic N) is 2. The van der Waals surface area contributed by atoms with Crippen molar-refractivity contribution in [2.24, 2.45) is 0 Å². The zero-order valence-electron chi connectivity index (χ0n) is 11.8. The van der Waals surface area contributed by atoms with Gasteiger partial charge in [0.05, 0.1) is 5.52 Å². The SMILES string of the molecule is Fc1ccc2nc(C(F)(F)F)cc(N3CCCNCC3)c2c1. The van der Waals surface area contributed by atoms with Crippen LogP contribution in [0, 0.1) is 5.82 Å². The van der Waals surface area contributed by atoms with Crippen molar-refractivity contribution in [3.05, 3.63) is 35.8 Å². The molecule has 7 heteroatoms. The van der Waals surface area contributed by atoms with Crippen molar-refractivity contribution >= 4 is 16.6 Å². The highest BCUT2D eigenvalue weighted by molar-refractivity contribution is 5.92. The number of halogens is 4. The molecule has 1 fully saturated rings. The Labute approximate surface area is 124 Å². The molecule has 1 saturated heterocycles. The molecule has 0 unspecified atom stereocenters. The lowest BCUT2D eigenvalue weighted by molar-refractivity contribution is -0.140. The predicted molar refractivity (Wildman–Crippen MR) is 76.4 cm³/mol. The van der Waals surface area contributed by atoms with Gasteiger partial charge < -0.3 is 10.2 Å². The van der Waals surface area contributed by atoms with Gasteiger partial charge in [0, 0.05) is 30.7 Å². The fourth-order valence-electron chi connectivity index (χ4n) is 2.67. The average molecular weight is 313 g/mol. The summed E-state index contributed by atoms with van der Waals surface area (Å²) in [6, 6.07) is 4.69.